The summed E-state index contributed by atoms with van der Waals surface area (Å²) in [5.74, 6) is 0.362. The number of nitrogens with zero attached hydrogens (tertiary/aromatic N) is 5. The molecule has 3 heterocycles. The maximum atomic E-state index is 12.4. The lowest BCUT2D eigenvalue weighted by Gasteiger charge is -2.20. The van der Waals surface area contributed by atoms with E-state index in [2.05, 4.69) is 70.2 Å². The second kappa shape index (κ2) is 8.43. The van der Waals surface area contributed by atoms with E-state index in [9.17, 15) is 4.79 Å². The van der Waals surface area contributed by atoms with Crippen LogP contribution in [0.4, 0.5) is 0 Å². The highest BCUT2D eigenvalue weighted by Crippen LogP contribution is 2.30. The Labute approximate surface area is 165 Å². The van der Waals surface area contributed by atoms with Gasteiger partial charge in [-0.25, -0.2) is 10.4 Å². The minimum atomic E-state index is -0.269. The number of carbonyl (C=O) groups is 1. The largest absolute Gasteiger partial charge is 0.359 e. The summed E-state index contributed by atoms with van der Waals surface area (Å²) in [6.45, 7) is 13.6. The molecule has 0 saturated heterocycles. The van der Waals surface area contributed by atoms with Crippen LogP contribution >= 0.6 is 0 Å². The summed E-state index contributed by atoms with van der Waals surface area (Å²) in [5, 5.41) is 11.9. The highest BCUT2D eigenvalue weighted by Gasteiger charge is 2.28. The third-order valence-corrected chi connectivity index (χ3v) is 5.00. The first-order valence-electron chi connectivity index (χ1n) is 9.64. The summed E-state index contributed by atoms with van der Waals surface area (Å²) in [4.78, 5) is 22.4. The van der Waals surface area contributed by atoms with Gasteiger partial charge in [-0.3, -0.25) is 9.69 Å². The highest BCUT2D eigenvalue weighted by molar-refractivity contribution is 6.32. The molecule has 8 nitrogen and oxygen atoms in total. The van der Waals surface area contributed by atoms with Crippen LogP contribution in [-0.4, -0.2) is 49.8 Å². The van der Waals surface area contributed by atoms with Crippen LogP contribution in [0.3, 0.4) is 0 Å². The summed E-state index contributed by atoms with van der Waals surface area (Å²) in [6, 6.07) is 0. The number of aromatic nitrogens is 4. The molecular formula is C20H27N7O. The molecule has 0 atom stereocenters. The summed E-state index contributed by atoms with van der Waals surface area (Å²) in [7, 11) is 0. The van der Waals surface area contributed by atoms with E-state index in [0.717, 1.165) is 31.0 Å². The number of H-pyrrole nitrogens is 1. The van der Waals surface area contributed by atoms with Gasteiger partial charge in [0.25, 0.3) is 5.91 Å². The minimum absolute atomic E-state index is 0.269. The average Bonchev–Trinajstić information content (AvgIpc) is 3.20. The summed E-state index contributed by atoms with van der Waals surface area (Å²) in [5.41, 5.74) is 7.92. The fourth-order valence-electron chi connectivity index (χ4n) is 3.50. The van der Waals surface area contributed by atoms with Gasteiger partial charge in [0, 0.05) is 24.1 Å². The van der Waals surface area contributed by atoms with Crippen molar-refractivity contribution in [2.24, 2.45) is 5.10 Å². The van der Waals surface area contributed by atoms with Crippen LogP contribution in [0, 0.1) is 6.92 Å². The fourth-order valence-corrected chi connectivity index (χ4v) is 3.50. The van der Waals surface area contributed by atoms with Crippen molar-refractivity contribution in [3.8, 4) is 0 Å². The molecule has 0 aliphatic carbocycles. The van der Waals surface area contributed by atoms with Gasteiger partial charge in [0.15, 0.2) is 0 Å². The predicted octanol–water partition coefficient (Wildman–Crippen LogP) is 2.39. The molecule has 2 N–H and O–H groups in total. The Hall–Kier alpha value is -2.87. The molecule has 3 rings (SSSR count). The van der Waals surface area contributed by atoms with E-state index in [4.69, 9.17) is 0 Å². The van der Waals surface area contributed by atoms with Crippen molar-refractivity contribution in [3.63, 3.8) is 0 Å². The minimum Gasteiger partial charge on any atom is -0.359 e. The molecule has 0 saturated carbocycles. The van der Waals surface area contributed by atoms with Crippen molar-refractivity contribution >= 4 is 17.7 Å². The Bertz CT molecular complexity index is 908. The van der Waals surface area contributed by atoms with Crippen LogP contribution in [0.5, 0.6) is 0 Å². The Kier molecular flexibility index (Phi) is 5.99. The van der Waals surface area contributed by atoms with Gasteiger partial charge in [0.05, 0.1) is 11.8 Å². The first kappa shape index (κ1) is 19.9. The molecule has 0 fully saturated rings. The number of carbonyl (C=O) groups excluding carboxylic acids is 1. The van der Waals surface area contributed by atoms with Crippen LogP contribution < -0.4 is 5.43 Å². The van der Waals surface area contributed by atoms with Gasteiger partial charge in [0.1, 0.15) is 5.71 Å². The van der Waals surface area contributed by atoms with Crippen LogP contribution in [0.15, 0.2) is 23.1 Å². The number of aromatic amines is 1. The SMILES string of the molecule is CCN(CC)Cc1c(C)[nH]c(/C=C2/C(=O)NN=C2c2nccnn2)c1C(C)C. The number of hydrogen-bond acceptors (Lipinski definition) is 6. The Balaban J connectivity index is 2.05. The smallest absolute Gasteiger partial charge is 0.273 e. The summed E-state index contributed by atoms with van der Waals surface area (Å²) >= 11 is 0. The van der Waals surface area contributed by atoms with E-state index >= 15 is 0 Å². The zero-order chi connectivity index (χ0) is 20.3. The molecule has 1 aliphatic heterocycles. The quantitative estimate of drug-likeness (QED) is 0.718. The number of nitrogens with one attached hydrogen (secondary N) is 2. The highest BCUT2D eigenvalue weighted by atomic mass is 16.2. The Morgan fingerprint density at radius 2 is 1.96 bits per heavy atom. The third-order valence-electron chi connectivity index (χ3n) is 5.00. The molecule has 0 radical (unpaired) electrons. The van der Waals surface area contributed by atoms with Gasteiger partial charge >= 0.3 is 0 Å². The molecule has 0 bridgehead atoms. The molecule has 2 aromatic rings. The monoisotopic (exact) mass is 381 g/mol. The lowest BCUT2D eigenvalue weighted by molar-refractivity contribution is -0.116. The maximum absolute atomic E-state index is 12.4. The summed E-state index contributed by atoms with van der Waals surface area (Å²) in [6.07, 6.45) is 4.87. The molecule has 0 unspecified atom stereocenters. The molecule has 28 heavy (non-hydrogen) atoms. The molecule has 1 amide bonds. The van der Waals surface area contributed by atoms with E-state index in [-0.39, 0.29) is 5.91 Å². The van der Waals surface area contributed by atoms with E-state index in [1.807, 2.05) is 6.08 Å². The summed E-state index contributed by atoms with van der Waals surface area (Å²) < 4.78 is 0. The lowest BCUT2D eigenvalue weighted by atomic mass is 9.95. The zero-order valence-electron chi connectivity index (χ0n) is 17.1. The molecular weight excluding hydrogens is 354 g/mol. The molecule has 2 aromatic heterocycles. The maximum Gasteiger partial charge on any atom is 0.273 e. The number of amides is 1. The van der Waals surface area contributed by atoms with Crippen molar-refractivity contribution < 1.29 is 4.79 Å². The van der Waals surface area contributed by atoms with Crippen LogP contribution in [0.2, 0.25) is 0 Å². The van der Waals surface area contributed by atoms with E-state index in [0.29, 0.717) is 23.0 Å². The van der Waals surface area contributed by atoms with Gasteiger partial charge < -0.3 is 4.98 Å². The number of hydrogen-bond donors (Lipinski definition) is 2. The molecule has 148 valence electrons. The van der Waals surface area contributed by atoms with Crippen LogP contribution in [-0.2, 0) is 11.3 Å². The van der Waals surface area contributed by atoms with Crippen molar-refractivity contribution in [3.05, 3.63) is 46.3 Å². The topological polar surface area (TPSA) is 99.2 Å². The van der Waals surface area contributed by atoms with Crippen molar-refractivity contribution in [2.75, 3.05) is 13.1 Å². The molecule has 0 aromatic carbocycles. The third kappa shape index (κ3) is 3.87. The standard InChI is InChI=1S/C20H27N7O/c1-6-27(7-2)11-15-13(5)23-16(17(15)12(3)4)10-14-18(24-26-20(14)28)19-21-8-9-22-25-19/h8-10,12,23H,6-7,11H2,1-5H3,(H,26,28)/b14-10+. The lowest BCUT2D eigenvalue weighted by Crippen LogP contribution is -2.23. The zero-order valence-corrected chi connectivity index (χ0v) is 17.1. The Morgan fingerprint density at radius 1 is 1.21 bits per heavy atom. The Morgan fingerprint density at radius 3 is 2.57 bits per heavy atom. The second-order valence-corrected chi connectivity index (χ2v) is 7.10. The molecule has 1 aliphatic rings. The van der Waals surface area contributed by atoms with Crippen LogP contribution in [0.1, 0.15) is 62.0 Å². The number of aryl methyl sites for hydroxylation is 1. The van der Waals surface area contributed by atoms with Gasteiger partial charge in [-0.2, -0.15) is 10.2 Å². The normalized spacial score (nSPS) is 15.6. The number of rotatable bonds is 7. The van der Waals surface area contributed by atoms with E-state index in [1.165, 1.54) is 23.5 Å². The van der Waals surface area contributed by atoms with Crippen molar-refractivity contribution in [1.82, 2.24) is 30.5 Å². The van der Waals surface area contributed by atoms with E-state index in [1.54, 1.807) is 0 Å². The fraction of sp³-hybridized carbons (Fsp3) is 0.450. The average molecular weight is 381 g/mol. The number of hydrazone groups is 1. The van der Waals surface area contributed by atoms with Crippen molar-refractivity contribution in [1.29, 1.82) is 0 Å². The molecule has 0 spiro atoms. The second-order valence-electron chi connectivity index (χ2n) is 7.10. The molecule has 8 heteroatoms. The van der Waals surface area contributed by atoms with Crippen LogP contribution in [0.25, 0.3) is 6.08 Å². The first-order valence-corrected chi connectivity index (χ1v) is 9.64. The van der Waals surface area contributed by atoms with Gasteiger partial charge in [0.2, 0.25) is 5.82 Å². The van der Waals surface area contributed by atoms with Gasteiger partial charge in [-0.1, -0.05) is 27.7 Å². The van der Waals surface area contributed by atoms with Crippen molar-refractivity contribution in [2.45, 2.75) is 47.1 Å². The predicted molar refractivity (Wildman–Crippen MR) is 109 cm³/mol. The first-order chi connectivity index (χ1) is 13.5. The van der Waals surface area contributed by atoms with E-state index < -0.39 is 0 Å². The van der Waals surface area contributed by atoms with Gasteiger partial charge in [-0.05, 0) is 43.1 Å². The van der Waals surface area contributed by atoms with Gasteiger partial charge in [-0.15, -0.1) is 5.10 Å².